The van der Waals surface area contributed by atoms with Gasteiger partial charge in [0.05, 0.1) is 12.7 Å². The van der Waals surface area contributed by atoms with E-state index in [2.05, 4.69) is 6.58 Å². The minimum Gasteiger partial charge on any atom is -0.350 e. The maximum atomic E-state index is 12.2. The summed E-state index contributed by atoms with van der Waals surface area (Å²) in [4.78, 5) is 12.2. The molecular weight excluding hydrogens is 216 g/mol. The highest BCUT2D eigenvalue weighted by Gasteiger charge is 2.42. The average molecular weight is 240 g/mol. The molecule has 0 N–H and O–H groups in total. The molecule has 1 rings (SSSR count). The van der Waals surface area contributed by atoms with Crippen molar-refractivity contribution in [2.45, 2.75) is 58.8 Å². The van der Waals surface area contributed by atoms with Gasteiger partial charge in [0.2, 0.25) is 0 Å². The van der Waals surface area contributed by atoms with Gasteiger partial charge >= 0.3 is 0 Å². The van der Waals surface area contributed by atoms with Crippen molar-refractivity contribution in [1.29, 1.82) is 0 Å². The van der Waals surface area contributed by atoms with Crippen molar-refractivity contribution < 1.29 is 14.3 Å². The smallest absolute Gasteiger partial charge is 0.163 e. The van der Waals surface area contributed by atoms with E-state index in [1.165, 1.54) is 0 Å². The Morgan fingerprint density at radius 1 is 1.53 bits per heavy atom. The molecule has 0 saturated carbocycles. The summed E-state index contributed by atoms with van der Waals surface area (Å²) in [6, 6.07) is 0. The Morgan fingerprint density at radius 2 is 2.18 bits per heavy atom. The normalized spacial score (nSPS) is 24.4. The second kappa shape index (κ2) is 5.32. The number of ketones is 1. The zero-order valence-electron chi connectivity index (χ0n) is 11.4. The second-order valence-electron chi connectivity index (χ2n) is 5.62. The molecule has 17 heavy (non-hydrogen) atoms. The van der Waals surface area contributed by atoms with E-state index in [0.717, 1.165) is 12.8 Å². The number of ether oxygens (including phenoxy) is 2. The summed E-state index contributed by atoms with van der Waals surface area (Å²) >= 11 is 0. The highest BCUT2D eigenvalue weighted by atomic mass is 16.7. The topological polar surface area (TPSA) is 35.5 Å². The molecule has 1 atom stereocenters. The third kappa shape index (κ3) is 3.65. The Morgan fingerprint density at radius 3 is 2.71 bits per heavy atom. The highest BCUT2D eigenvalue weighted by Crippen LogP contribution is 2.35. The maximum absolute atomic E-state index is 12.2. The fraction of sp³-hybridized carbons (Fsp3) is 0.786. The first-order valence-corrected chi connectivity index (χ1v) is 6.25. The predicted molar refractivity (Wildman–Crippen MR) is 67.7 cm³/mol. The number of hydrogen-bond donors (Lipinski definition) is 0. The van der Waals surface area contributed by atoms with Crippen LogP contribution >= 0.6 is 0 Å². The van der Waals surface area contributed by atoms with Crippen LogP contribution in [0.25, 0.3) is 0 Å². The molecule has 1 saturated heterocycles. The molecule has 3 nitrogen and oxygen atoms in total. The molecule has 1 aliphatic rings. The lowest BCUT2D eigenvalue weighted by Gasteiger charge is -2.42. The fourth-order valence-corrected chi connectivity index (χ4v) is 2.09. The molecule has 1 aliphatic heterocycles. The van der Waals surface area contributed by atoms with E-state index in [0.29, 0.717) is 13.0 Å². The maximum Gasteiger partial charge on any atom is 0.163 e. The van der Waals surface area contributed by atoms with Crippen LogP contribution in [0.5, 0.6) is 0 Å². The summed E-state index contributed by atoms with van der Waals surface area (Å²) in [5.41, 5.74) is -0.454. The summed E-state index contributed by atoms with van der Waals surface area (Å²) in [5.74, 6) is -0.348. The number of allylic oxidation sites excluding steroid dienone is 1. The molecule has 0 amide bonds. The van der Waals surface area contributed by atoms with Gasteiger partial charge < -0.3 is 9.47 Å². The average Bonchev–Trinajstić information content (AvgIpc) is 2.24. The van der Waals surface area contributed by atoms with Crippen molar-refractivity contribution in [1.82, 2.24) is 0 Å². The van der Waals surface area contributed by atoms with Crippen LogP contribution in [0.15, 0.2) is 12.7 Å². The van der Waals surface area contributed by atoms with Gasteiger partial charge in [-0.25, -0.2) is 0 Å². The monoisotopic (exact) mass is 240 g/mol. The van der Waals surface area contributed by atoms with E-state index >= 15 is 0 Å². The Bertz CT molecular complexity index is 292. The summed E-state index contributed by atoms with van der Waals surface area (Å²) in [6.45, 7) is 12.0. The van der Waals surface area contributed by atoms with Crippen LogP contribution in [0.1, 0.15) is 47.0 Å². The fourth-order valence-electron chi connectivity index (χ4n) is 2.09. The van der Waals surface area contributed by atoms with Crippen molar-refractivity contribution in [2.24, 2.45) is 5.41 Å². The van der Waals surface area contributed by atoms with Gasteiger partial charge in [-0.3, -0.25) is 4.79 Å². The molecule has 0 aromatic heterocycles. The molecular formula is C14H24O3. The summed E-state index contributed by atoms with van der Waals surface area (Å²) in [6.07, 6.45) is 3.76. The van der Waals surface area contributed by atoms with Gasteiger partial charge in [-0.05, 0) is 26.7 Å². The van der Waals surface area contributed by atoms with Crippen molar-refractivity contribution in [3.05, 3.63) is 12.7 Å². The summed E-state index contributed by atoms with van der Waals surface area (Å²) in [5, 5.41) is 0. The van der Waals surface area contributed by atoms with Crippen molar-refractivity contribution in [3.8, 4) is 0 Å². The SMILES string of the molecule is C=CCCC(=O)C(C)(C)C1CCOC(C)(C)O1. The minimum atomic E-state index is -0.584. The van der Waals surface area contributed by atoms with E-state index < -0.39 is 11.2 Å². The van der Waals surface area contributed by atoms with Crippen molar-refractivity contribution in [2.75, 3.05) is 6.61 Å². The molecule has 1 fully saturated rings. The third-order valence-corrected chi connectivity index (χ3v) is 3.35. The molecule has 0 radical (unpaired) electrons. The van der Waals surface area contributed by atoms with Crippen LogP contribution in [-0.4, -0.2) is 24.3 Å². The zero-order valence-corrected chi connectivity index (χ0v) is 11.4. The lowest BCUT2D eigenvalue weighted by molar-refractivity contribution is -0.288. The van der Waals surface area contributed by atoms with Gasteiger partial charge in [0.1, 0.15) is 5.78 Å². The summed E-state index contributed by atoms with van der Waals surface area (Å²) < 4.78 is 11.4. The highest BCUT2D eigenvalue weighted by molar-refractivity contribution is 5.84. The van der Waals surface area contributed by atoms with E-state index in [4.69, 9.17) is 9.47 Å². The van der Waals surface area contributed by atoms with Gasteiger partial charge in [-0.2, -0.15) is 0 Å². The van der Waals surface area contributed by atoms with Gasteiger partial charge in [0.25, 0.3) is 0 Å². The van der Waals surface area contributed by atoms with Gasteiger partial charge in [0, 0.05) is 11.8 Å². The summed E-state index contributed by atoms with van der Waals surface area (Å²) in [7, 11) is 0. The van der Waals surface area contributed by atoms with Crippen LogP contribution in [0, 0.1) is 5.41 Å². The molecule has 0 aromatic rings. The van der Waals surface area contributed by atoms with Crippen LogP contribution in [-0.2, 0) is 14.3 Å². The molecule has 0 bridgehead atoms. The van der Waals surface area contributed by atoms with Gasteiger partial charge in [0.15, 0.2) is 5.79 Å². The largest absolute Gasteiger partial charge is 0.350 e. The van der Waals surface area contributed by atoms with Gasteiger partial charge in [-0.1, -0.05) is 19.9 Å². The predicted octanol–water partition coefficient (Wildman–Crippen LogP) is 3.09. The van der Waals surface area contributed by atoms with E-state index in [1.807, 2.05) is 27.7 Å². The van der Waals surface area contributed by atoms with Gasteiger partial charge in [-0.15, -0.1) is 6.58 Å². The first-order valence-electron chi connectivity index (χ1n) is 6.25. The van der Waals surface area contributed by atoms with Crippen LogP contribution < -0.4 is 0 Å². The first kappa shape index (κ1) is 14.4. The van der Waals surface area contributed by atoms with Crippen molar-refractivity contribution in [3.63, 3.8) is 0 Å². The first-order chi connectivity index (χ1) is 7.79. The molecule has 0 aliphatic carbocycles. The van der Waals surface area contributed by atoms with Crippen LogP contribution in [0.4, 0.5) is 0 Å². The van der Waals surface area contributed by atoms with Crippen LogP contribution in [0.3, 0.4) is 0 Å². The quantitative estimate of drug-likeness (QED) is 0.693. The zero-order chi connectivity index (χ0) is 13.1. The Hall–Kier alpha value is -0.670. The molecule has 0 aromatic carbocycles. The lowest BCUT2D eigenvalue weighted by Crippen LogP contribution is -2.49. The van der Waals surface area contributed by atoms with E-state index in [1.54, 1.807) is 6.08 Å². The Kier molecular flexibility index (Phi) is 4.50. The lowest BCUT2D eigenvalue weighted by atomic mass is 9.78. The van der Waals surface area contributed by atoms with Crippen LogP contribution in [0.2, 0.25) is 0 Å². The number of Topliss-reactive ketones (excluding diaryl/α,β-unsaturated/α-hetero) is 1. The number of carbonyl (C=O) groups excluding carboxylic acids is 1. The molecule has 98 valence electrons. The molecule has 3 heteroatoms. The Balaban J connectivity index is 2.68. The Labute approximate surface area is 104 Å². The number of hydrogen-bond acceptors (Lipinski definition) is 3. The molecule has 1 unspecified atom stereocenters. The standard InChI is InChI=1S/C14H24O3/c1-6-7-8-11(15)13(2,3)12-9-10-16-14(4,5)17-12/h6,12H,1,7-10H2,2-5H3. The molecule has 0 spiro atoms. The number of carbonyl (C=O) groups is 1. The van der Waals surface area contributed by atoms with E-state index in [9.17, 15) is 4.79 Å². The molecule has 1 heterocycles. The third-order valence-electron chi connectivity index (χ3n) is 3.35. The van der Waals surface area contributed by atoms with Crippen molar-refractivity contribution >= 4 is 5.78 Å². The number of rotatable bonds is 5. The minimum absolute atomic E-state index is 0.0661. The second-order valence-corrected chi connectivity index (χ2v) is 5.62. The van der Waals surface area contributed by atoms with E-state index in [-0.39, 0.29) is 11.9 Å².